The van der Waals surface area contributed by atoms with E-state index in [4.69, 9.17) is 24.5 Å². The number of methoxy groups -OCH3 is 1. The lowest BCUT2D eigenvalue weighted by Crippen LogP contribution is -2.53. The number of rotatable bonds is 3. The number of ether oxygens (including phenoxy) is 4. The summed E-state index contributed by atoms with van der Waals surface area (Å²) in [6.45, 7) is 2.54. The Bertz CT molecular complexity index is 564. The lowest BCUT2D eigenvalue weighted by atomic mass is 9.88. The summed E-state index contributed by atoms with van der Waals surface area (Å²) in [4.78, 5) is 2.92. The highest BCUT2D eigenvalue weighted by molar-refractivity contribution is 5.16. The smallest absolute Gasteiger partial charge is 0.184 e. The number of fused-ring (bicyclic) bond motifs is 1. The molecule has 2 saturated heterocycles. The molecule has 23 heavy (non-hydrogen) atoms. The largest absolute Gasteiger partial charge is 0.355 e. The summed E-state index contributed by atoms with van der Waals surface area (Å²) in [5.74, 6) is -0.0393. The van der Waals surface area contributed by atoms with Crippen LogP contribution < -0.4 is 0 Å². The summed E-state index contributed by atoms with van der Waals surface area (Å²) >= 11 is 0. The van der Waals surface area contributed by atoms with E-state index in [1.165, 1.54) is 0 Å². The first kappa shape index (κ1) is 16.2. The van der Waals surface area contributed by atoms with E-state index >= 15 is 0 Å². The van der Waals surface area contributed by atoms with E-state index in [9.17, 15) is 0 Å². The van der Waals surface area contributed by atoms with Crippen molar-refractivity contribution in [2.75, 3.05) is 13.7 Å². The minimum atomic E-state index is -0.556. The maximum atomic E-state index is 8.81. The lowest BCUT2D eigenvalue weighted by molar-refractivity contribution is -0.262. The molecule has 2 aliphatic rings. The average Bonchev–Trinajstić information content (AvgIpc) is 2.81. The summed E-state index contributed by atoms with van der Waals surface area (Å²) in [7, 11) is 1.55. The minimum Gasteiger partial charge on any atom is -0.355 e. The molecule has 124 valence electrons. The number of hydrogen-bond acceptors (Lipinski definition) is 5. The second kappa shape index (κ2) is 7.29. The van der Waals surface area contributed by atoms with E-state index in [-0.39, 0.29) is 18.1 Å². The number of benzene rings is 1. The van der Waals surface area contributed by atoms with Crippen molar-refractivity contribution >= 4 is 0 Å². The van der Waals surface area contributed by atoms with Crippen LogP contribution in [0.3, 0.4) is 0 Å². The molecule has 0 saturated carbocycles. The van der Waals surface area contributed by atoms with Gasteiger partial charge in [-0.15, -0.1) is 0 Å². The molecule has 2 heterocycles. The topological polar surface area (TPSA) is 85.7 Å². The maximum Gasteiger partial charge on any atom is 0.184 e. The van der Waals surface area contributed by atoms with Gasteiger partial charge in [0.2, 0.25) is 0 Å². The average molecular weight is 319 g/mol. The third-order valence-electron chi connectivity index (χ3n) is 4.45. The monoisotopic (exact) mass is 319 g/mol. The van der Waals surface area contributed by atoms with Crippen LogP contribution in [0, 0.1) is 5.92 Å². The van der Waals surface area contributed by atoms with Gasteiger partial charge in [-0.2, -0.15) is 0 Å². The lowest BCUT2D eigenvalue weighted by Gasteiger charge is -2.42. The van der Waals surface area contributed by atoms with Crippen molar-refractivity contribution in [3.05, 3.63) is 46.3 Å². The molecule has 0 radical (unpaired) electrons. The Labute approximate surface area is 135 Å². The first-order valence-corrected chi connectivity index (χ1v) is 7.79. The summed E-state index contributed by atoms with van der Waals surface area (Å²) in [5.41, 5.74) is 9.78. The van der Waals surface area contributed by atoms with Gasteiger partial charge in [-0.3, -0.25) is 0 Å². The van der Waals surface area contributed by atoms with Gasteiger partial charge in [0.05, 0.1) is 24.9 Å². The fourth-order valence-electron chi connectivity index (χ4n) is 3.23. The molecule has 2 aliphatic heterocycles. The fourth-order valence-corrected chi connectivity index (χ4v) is 3.23. The van der Waals surface area contributed by atoms with Gasteiger partial charge in [0.1, 0.15) is 0 Å². The molecule has 1 aromatic carbocycles. The van der Waals surface area contributed by atoms with Gasteiger partial charge in [-0.25, -0.2) is 0 Å². The molecule has 2 fully saturated rings. The van der Waals surface area contributed by atoms with Crippen molar-refractivity contribution in [2.45, 2.75) is 44.2 Å². The molecule has 6 atom stereocenters. The molecule has 0 aliphatic carbocycles. The Balaban J connectivity index is 1.83. The molecule has 0 N–H and O–H groups in total. The van der Waals surface area contributed by atoms with Crippen LogP contribution in [-0.4, -0.2) is 38.3 Å². The van der Waals surface area contributed by atoms with Gasteiger partial charge in [-0.1, -0.05) is 42.4 Å². The van der Waals surface area contributed by atoms with E-state index in [0.29, 0.717) is 13.0 Å². The molecule has 3 rings (SSSR count). The molecule has 7 nitrogen and oxygen atoms in total. The second-order valence-electron chi connectivity index (χ2n) is 5.84. The first-order valence-electron chi connectivity index (χ1n) is 7.79. The Morgan fingerprint density at radius 1 is 1.26 bits per heavy atom. The van der Waals surface area contributed by atoms with Gasteiger partial charge < -0.3 is 18.9 Å². The van der Waals surface area contributed by atoms with Gasteiger partial charge >= 0.3 is 0 Å². The predicted octanol–water partition coefficient (Wildman–Crippen LogP) is 3.18. The Morgan fingerprint density at radius 3 is 2.74 bits per heavy atom. The Morgan fingerprint density at radius 2 is 2.04 bits per heavy atom. The summed E-state index contributed by atoms with van der Waals surface area (Å²) in [5, 5.41) is 3.85. The van der Waals surface area contributed by atoms with E-state index < -0.39 is 18.6 Å². The van der Waals surface area contributed by atoms with Gasteiger partial charge in [-0.05, 0) is 17.9 Å². The summed E-state index contributed by atoms with van der Waals surface area (Å²) in [6.07, 6.45) is -0.651. The molecule has 3 unspecified atom stereocenters. The van der Waals surface area contributed by atoms with Crippen molar-refractivity contribution in [1.29, 1.82) is 0 Å². The normalized spacial score (nSPS) is 37.3. The zero-order valence-corrected chi connectivity index (χ0v) is 13.2. The molecular weight excluding hydrogens is 298 g/mol. The van der Waals surface area contributed by atoms with Crippen molar-refractivity contribution in [3.63, 3.8) is 0 Å². The molecular formula is C16H21N3O4. The van der Waals surface area contributed by atoms with Gasteiger partial charge in [0.15, 0.2) is 12.6 Å². The third-order valence-corrected chi connectivity index (χ3v) is 4.45. The molecule has 0 aromatic heterocycles. The number of hydrogen-bond donors (Lipinski definition) is 0. The highest BCUT2D eigenvalue weighted by atomic mass is 16.7. The second-order valence-corrected chi connectivity index (χ2v) is 5.84. The maximum absolute atomic E-state index is 8.81. The highest BCUT2D eigenvalue weighted by Gasteiger charge is 2.46. The van der Waals surface area contributed by atoms with E-state index in [0.717, 1.165) is 5.56 Å². The number of azide groups is 1. The Kier molecular flexibility index (Phi) is 5.15. The number of nitrogens with zero attached hydrogens (tertiary/aromatic N) is 3. The zero-order chi connectivity index (χ0) is 16.2. The molecule has 0 spiro atoms. The Hall–Kier alpha value is -1.63. The van der Waals surface area contributed by atoms with E-state index in [1.807, 2.05) is 37.3 Å². The first-order chi connectivity index (χ1) is 11.2. The summed E-state index contributed by atoms with van der Waals surface area (Å²) in [6, 6.07) is 9.38. The molecule has 1 aromatic rings. The third kappa shape index (κ3) is 3.34. The standard InChI is InChI=1S/C16H21N3O4/c1-10-13(18-19-17)16(20-2)22-12-8-9-21-15(23-14(10)12)11-6-4-3-5-7-11/h3-7,10,12-16H,8-9H2,1-2H3/t10?,12?,13-,14-,15?,16-/m0/s1. The van der Waals surface area contributed by atoms with Crippen LogP contribution in [0.4, 0.5) is 0 Å². The van der Waals surface area contributed by atoms with Crippen molar-refractivity contribution in [2.24, 2.45) is 11.0 Å². The van der Waals surface area contributed by atoms with Crippen LogP contribution in [0.15, 0.2) is 35.4 Å². The molecule has 0 amide bonds. The predicted molar refractivity (Wildman–Crippen MR) is 82.4 cm³/mol. The molecule has 7 heteroatoms. The van der Waals surface area contributed by atoms with Crippen molar-refractivity contribution in [3.8, 4) is 0 Å². The van der Waals surface area contributed by atoms with Crippen molar-refractivity contribution in [1.82, 2.24) is 0 Å². The summed E-state index contributed by atoms with van der Waals surface area (Å²) < 4.78 is 23.3. The van der Waals surface area contributed by atoms with E-state index in [1.54, 1.807) is 7.11 Å². The quantitative estimate of drug-likeness (QED) is 0.486. The van der Waals surface area contributed by atoms with Crippen LogP contribution >= 0.6 is 0 Å². The fraction of sp³-hybridized carbons (Fsp3) is 0.625. The highest BCUT2D eigenvalue weighted by Crippen LogP contribution is 2.37. The van der Waals surface area contributed by atoms with E-state index in [2.05, 4.69) is 10.0 Å². The zero-order valence-electron chi connectivity index (χ0n) is 13.2. The SMILES string of the molecule is CO[C@H]1OC2CCOC(c3ccccc3)O[C@H]2C(C)[C@@H]1N=[N+]=[N-]. The van der Waals surface area contributed by atoms with Crippen LogP contribution in [0.2, 0.25) is 0 Å². The van der Waals surface area contributed by atoms with Crippen LogP contribution in [-0.2, 0) is 18.9 Å². The minimum absolute atomic E-state index is 0.0393. The van der Waals surface area contributed by atoms with Crippen LogP contribution in [0.1, 0.15) is 25.2 Å². The molecule has 0 bridgehead atoms. The van der Waals surface area contributed by atoms with Gasteiger partial charge in [0, 0.05) is 17.6 Å². The van der Waals surface area contributed by atoms with Crippen LogP contribution in [0.25, 0.3) is 10.4 Å². The van der Waals surface area contributed by atoms with Crippen molar-refractivity contribution < 1.29 is 18.9 Å². The van der Waals surface area contributed by atoms with Crippen LogP contribution in [0.5, 0.6) is 0 Å². The van der Waals surface area contributed by atoms with Gasteiger partial charge in [0.25, 0.3) is 0 Å².